The number of ether oxygens (including phenoxy) is 1. The summed E-state index contributed by atoms with van der Waals surface area (Å²) in [5.74, 6) is -0.610. The van der Waals surface area contributed by atoms with Gasteiger partial charge in [-0.1, -0.05) is 0 Å². The van der Waals surface area contributed by atoms with Crippen LogP contribution in [0.1, 0.15) is 0 Å². The molecule has 0 aliphatic carbocycles. The van der Waals surface area contributed by atoms with Gasteiger partial charge >= 0.3 is 0 Å². The number of aliphatic imine (C=N–C) groups is 1. The Kier molecular flexibility index (Phi) is 7.39. The number of nitrogens with zero attached hydrogens (tertiary/aromatic N) is 3. The molecule has 0 amide bonds. The molecule has 1 aromatic carbocycles. The van der Waals surface area contributed by atoms with Gasteiger partial charge in [0.15, 0.2) is 17.5 Å². The van der Waals surface area contributed by atoms with Gasteiger partial charge in [0.05, 0.1) is 6.54 Å². The lowest BCUT2D eigenvalue weighted by Crippen LogP contribution is -2.55. The molecule has 1 unspecified atom stereocenters. The highest BCUT2D eigenvalue weighted by Crippen LogP contribution is 2.17. The second-order valence-electron chi connectivity index (χ2n) is 6.20. The van der Waals surface area contributed by atoms with Crippen LogP contribution in [0.5, 0.6) is 5.75 Å². The second kappa shape index (κ2) is 9.53. The molecule has 1 aliphatic heterocycles. The van der Waals surface area contributed by atoms with Crippen LogP contribution in [0.15, 0.2) is 23.2 Å². The van der Waals surface area contributed by atoms with Gasteiger partial charge in [-0.05, 0) is 26.2 Å². The van der Waals surface area contributed by atoms with Gasteiger partial charge in [0.2, 0.25) is 0 Å². The number of guanidine groups is 1. The minimum Gasteiger partial charge on any atom is -0.489 e. The van der Waals surface area contributed by atoms with Crippen LogP contribution < -0.4 is 15.4 Å². The number of nitrogens with one attached hydrogen (secondary N) is 2. The zero-order valence-corrected chi connectivity index (χ0v) is 15.1. The Morgan fingerprint density at radius 3 is 2.80 bits per heavy atom. The highest BCUT2D eigenvalue weighted by atomic mass is 19.1. The average Bonchev–Trinajstić information content (AvgIpc) is 2.58. The van der Waals surface area contributed by atoms with Gasteiger partial charge in [0.1, 0.15) is 12.4 Å². The van der Waals surface area contributed by atoms with Crippen LogP contribution in [-0.2, 0) is 0 Å². The molecule has 0 spiro atoms. The van der Waals surface area contributed by atoms with Gasteiger partial charge < -0.3 is 20.3 Å². The number of piperazine rings is 1. The van der Waals surface area contributed by atoms with Crippen LogP contribution >= 0.6 is 0 Å². The van der Waals surface area contributed by atoms with E-state index in [1.807, 2.05) is 0 Å². The molecular weight excluding hydrogens is 328 g/mol. The zero-order valence-electron chi connectivity index (χ0n) is 15.1. The maximum atomic E-state index is 13.5. The van der Waals surface area contributed by atoms with Crippen LogP contribution in [-0.4, -0.2) is 82.3 Å². The number of hydrogen-bond acceptors (Lipinski definition) is 4. The molecule has 0 aromatic heterocycles. The largest absolute Gasteiger partial charge is 0.489 e. The van der Waals surface area contributed by atoms with Gasteiger partial charge in [-0.3, -0.25) is 9.89 Å². The third kappa shape index (κ3) is 6.13. The van der Waals surface area contributed by atoms with E-state index in [9.17, 15) is 8.78 Å². The molecule has 1 atom stereocenters. The second-order valence-corrected chi connectivity index (χ2v) is 6.20. The summed E-state index contributed by atoms with van der Waals surface area (Å²) in [5, 5.41) is 6.42. The van der Waals surface area contributed by atoms with E-state index in [1.54, 1.807) is 7.05 Å². The molecule has 1 aliphatic rings. The van der Waals surface area contributed by atoms with Crippen molar-refractivity contribution < 1.29 is 13.5 Å². The highest BCUT2D eigenvalue weighted by Gasteiger charge is 2.21. The topological polar surface area (TPSA) is 52.1 Å². The third-order valence-corrected chi connectivity index (χ3v) is 4.25. The van der Waals surface area contributed by atoms with E-state index in [-0.39, 0.29) is 12.4 Å². The van der Waals surface area contributed by atoms with Gasteiger partial charge in [0, 0.05) is 45.3 Å². The highest BCUT2D eigenvalue weighted by molar-refractivity contribution is 5.79. The molecule has 0 bridgehead atoms. The minimum atomic E-state index is -0.702. The van der Waals surface area contributed by atoms with E-state index in [0.29, 0.717) is 18.5 Å². The Morgan fingerprint density at radius 1 is 1.28 bits per heavy atom. The van der Waals surface area contributed by atoms with Crippen molar-refractivity contribution in [1.29, 1.82) is 0 Å². The van der Waals surface area contributed by atoms with Crippen molar-refractivity contribution in [1.82, 2.24) is 20.4 Å². The molecule has 25 heavy (non-hydrogen) atoms. The summed E-state index contributed by atoms with van der Waals surface area (Å²) < 4.78 is 31.6. The van der Waals surface area contributed by atoms with E-state index in [2.05, 4.69) is 39.5 Å². The molecule has 0 saturated carbocycles. The molecule has 1 fully saturated rings. The number of halogens is 2. The van der Waals surface area contributed by atoms with Crippen LogP contribution in [0.25, 0.3) is 0 Å². The lowest BCUT2D eigenvalue weighted by Gasteiger charge is -2.37. The van der Waals surface area contributed by atoms with Crippen molar-refractivity contribution in [2.45, 2.75) is 6.04 Å². The molecular formula is C17H27F2N5O. The summed E-state index contributed by atoms with van der Waals surface area (Å²) in [7, 11) is 5.95. The lowest BCUT2D eigenvalue weighted by molar-refractivity contribution is 0.116. The molecule has 1 heterocycles. The van der Waals surface area contributed by atoms with Crippen molar-refractivity contribution in [3.8, 4) is 5.75 Å². The maximum Gasteiger partial charge on any atom is 0.191 e. The predicted octanol–water partition coefficient (Wildman–Crippen LogP) is 0.754. The first kappa shape index (κ1) is 19.4. The van der Waals surface area contributed by atoms with Crippen molar-refractivity contribution >= 4 is 5.96 Å². The van der Waals surface area contributed by atoms with Crippen molar-refractivity contribution in [3.05, 3.63) is 29.8 Å². The molecule has 2 N–H and O–H groups in total. The fraction of sp³-hybridized carbons (Fsp3) is 0.588. The fourth-order valence-electron chi connectivity index (χ4n) is 2.68. The van der Waals surface area contributed by atoms with Gasteiger partial charge in [-0.15, -0.1) is 0 Å². The Hall–Kier alpha value is -1.93. The number of likely N-dealkylation sites (N-methyl/N-ethyl adjacent to an activating group) is 2. The number of rotatable bonds is 6. The van der Waals surface area contributed by atoms with Crippen LogP contribution in [0.3, 0.4) is 0 Å². The first-order chi connectivity index (χ1) is 12.0. The molecule has 6 nitrogen and oxygen atoms in total. The van der Waals surface area contributed by atoms with E-state index in [0.717, 1.165) is 32.2 Å². The lowest BCUT2D eigenvalue weighted by atomic mass is 10.2. The zero-order chi connectivity index (χ0) is 18.2. The summed E-state index contributed by atoms with van der Waals surface area (Å²) in [5.41, 5.74) is 0. The number of benzene rings is 1. The monoisotopic (exact) mass is 355 g/mol. The Balaban J connectivity index is 1.69. The molecule has 8 heteroatoms. The molecule has 1 aromatic rings. The average molecular weight is 355 g/mol. The minimum absolute atomic E-state index is 0.0398. The molecule has 2 rings (SSSR count). The van der Waals surface area contributed by atoms with Gasteiger partial charge in [-0.25, -0.2) is 8.78 Å². The molecule has 0 radical (unpaired) electrons. The maximum absolute atomic E-state index is 13.5. The quantitative estimate of drug-likeness (QED) is 0.448. The standard InChI is InChI=1S/C17H27F2N5O/c1-20-17(22-11-14-12-23(2)7-8-24(14)3)21-6-9-25-16-5-4-13(18)10-15(16)19/h4-5,10,14H,6-9,11-12H2,1-3H3,(H2,20,21,22). The first-order valence-electron chi connectivity index (χ1n) is 8.40. The van der Waals surface area contributed by atoms with E-state index in [1.165, 1.54) is 12.1 Å². The summed E-state index contributed by atoms with van der Waals surface area (Å²) in [6.07, 6.45) is 0. The Morgan fingerprint density at radius 2 is 2.08 bits per heavy atom. The van der Waals surface area contributed by atoms with Crippen LogP contribution in [0.2, 0.25) is 0 Å². The molecule has 1 saturated heterocycles. The summed E-state index contributed by atoms with van der Waals surface area (Å²) in [6, 6.07) is 3.68. The van der Waals surface area contributed by atoms with Crippen molar-refractivity contribution in [2.24, 2.45) is 4.99 Å². The fourth-order valence-corrected chi connectivity index (χ4v) is 2.68. The van der Waals surface area contributed by atoms with Gasteiger partial charge in [0.25, 0.3) is 0 Å². The van der Waals surface area contributed by atoms with Crippen LogP contribution in [0.4, 0.5) is 8.78 Å². The Bertz CT molecular complexity index is 584. The van der Waals surface area contributed by atoms with Crippen LogP contribution in [0, 0.1) is 11.6 Å². The van der Waals surface area contributed by atoms with Gasteiger partial charge in [-0.2, -0.15) is 0 Å². The van der Waals surface area contributed by atoms with E-state index >= 15 is 0 Å². The Labute approximate surface area is 147 Å². The van der Waals surface area contributed by atoms with E-state index < -0.39 is 11.6 Å². The SMILES string of the molecule is CN=C(NCCOc1ccc(F)cc1F)NCC1CN(C)CCN1C. The summed E-state index contributed by atoms with van der Waals surface area (Å²) >= 11 is 0. The number of hydrogen-bond donors (Lipinski definition) is 2. The predicted molar refractivity (Wildman–Crippen MR) is 95.1 cm³/mol. The van der Waals surface area contributed by atoms with Crippen molar-refractivity contribution in [3.63, 3.8) is 0 Å². The first-order valence-corrected chi connectivity index (χ1v) is 8.40. The summed E-state index contributed by atoms with van der Waals surface area (Å²) in [6.45, 7) is 4.62. The van der Waals surface area contributed by atoms with E-state index in [4.69, 9.17) is 4.74 Å². The third-order valence-electron chi connectivity index (χ3n) is 4.25. The smallest absolute Gasteiger partial charge is 0.191 e. The van der Waals surface area contributed by atoms with Crippen molar-refractivity contribution in [2.75, 3.05) is 60.5 Å². The normalized spacial score (nSPS) is 19.7. The molecule has 140 valence electrons. The summed E-state index contributed by atoms with van der Waals surface area (Å²) in [4.78, 5) is 8.82.